The Morgan fingerprint density at radius 2 is 1.88 bits per heavy atom. The minimum atomic E-state index is -2.20. The maximum Gasteiger partial charge on any atom is 0.303 e. The quantitative estimate of drug-likeness (QED) is 0.497. The van der Waals surface area contributed by atoms with Crippen molar-refractivity contribution in [2.75, 3.05) is 20.2 Å². The zero-order valence-corrected chi connectivity index (χ0v) is 23.7. The highest BCUT2D eigenvalue weighted by Crippen LogP contribution is 2.72. The number of allylic oxidation sites excluding steroid dienone is 4. The number of ether oxygens (including phenoxy) is 1. The van der Waals surface area contributed by atoms with E-state index >= 15 is 8.78 Å². The van der Waals surface area contributed by atoms with Gasteiger partial charge < -0.3 is 14.7 Å². The van der Waals surface area contributed by atoms with Crippen LogP contribution in [-0.4, -0.2) is 65.7 Å². The summed E-state index contributed by atoms with van der Waals surface area (Å²) in [4.78, 5) is 39.8. The molecule has 3 saturated carbocycles. The largest absolute Gasteiger partial charge is 0.458 e. The number of Topliss-reactive ketones (excluding diaryl/α,β-unsaturated/α-hetero) is 1. The number of alkyl halides is 2. The SMILES string of the molecule is CC(=O)OCC(=O)[C@@]1(CN(C)Cc2ccccc2)CCC2[C@@H]3C[C@H](F)C4=CC(=O)C=C[C@]4(C)[C@@]3(F)[C@@H](O)C[C@@]21C. The molecule has 0 aliphatic heterocycles. The summed E-state index contributed by atoms with van der Waals surface area (Å²) in [5, 5.41) is 11.7. The van der Waals surface area contributed by atoms with Crippen LogP contribution in [0.3, 0.4) is 0 Å². The van der Waals surface area contributed by atoms with Crippen molar-refractivity contribution in [3.63, 3.8) is 0 Å². The first-order valence-electron chi connectivity index (χ1n) is 14.1. The average Bonchev–Trinajstić information content (AvgIpc) is 3.18. The second-order valence-corrected chi connectivity index (χ2v) is 12.8. The van der Waals surface area contributed by atoms with Gasteiger partial charge in [0.15, 0.2) is 23.8 Å². The number of fused-ring (bicyclic) bond motifs is 5. The first-order chi connectivity index (χ1) is 18.8. The molecule has 5 rings (SSSR count). The second-order valence-electron chi connectivity index (χ2n) is 12.8. The van der Waals surface area contributed by atoms with Crippen LogP contribution in [-0.2, 0) is 25.7 Å². The van der Waals surface area contributed by atoms with Crippen LogP contribution < -0.4 is 0 Å². The Balaban J connectivity index is 1.54. The predicted octanol–water partition coefficient (Wildman–Crippen LogP) is 4.56. The Morgan fingerprint density at radius 3 is 2.55 bits per heavy atom. The van der Waals surface area contributed by atoms with Crippen LogP contribution in [0.15, 0.2) is 54.1 Å². The third-order valence-corrected chi connectivity index (χ3v) is 10.8. The monoisotopic (exact) mass is 555 g/mol. The van der Waals surface area contributed by atoms with E-state index in [2.05, 4.69) is 4.90 Å². The van der Waals surface area contributed by atoms with Crippen LogP contribution in [0.2, 0.25) is 0 Å². The third kappa shape index (κ3) is 4.13. The highest BCUT2D eigenvalue weighted by atomic mass is 19.1. The van der Waals surface area contributed by atoms with E-state index in [9.17, 15) is 19.5 Å². The van der Waals surface area contributed by atoms with E-state index < -0.39 is 58.6 Å². The summed E-state index contributed by atoms with van der Waals surface area (Å²) in [7, 11) is 1.92. The van der Waals surface area contributed by atoms with Gasteiger partial charge in [-0.2, -0.15) is 0 Å². The Morgan fingerprint density at radius 1 is 1.18 bits per heavy atom. The van der Waals surface area contributed by atoms with Gasteiger partial charge in [0.25, 0.3) is 0 Å². The summed E-state index contributed by atoms with van der Waals surface area (Å²) in [6.07, 6.45) is 1.58. The van der Waals surface area contributed by atoms with E-state index in [0.29, 0.717) is 25.9 Å². The van der Waals surface area contributed by atoms with Crippen molar-refractivity contribution in [2.24, 2.45) is 28.1 Å². The van der Waals surface area contributed by atoms with Gasteiger partial charge in [0.2, 0.25) is 0 Å². The Labute approximate surface area is 234 Å². The van der Waals surface area contributed by atoms with Crippen LogP contribution >= 0.6 is 0 Å². The lowest BCUT2D eigenvalue weighted by Gasteiger charge is -2.63. The zero-order valence-electron chi connectivity index (χ0n) is 23.7. The maximum absolute atomic E-state index is 17.5. The fourth-order valence-electron chi connectivity index (χ4n) is 8.84. The number of carbonyl (C=O) groups excluding carboxylic acids is 3. The summed E-state index contributed by atoms with van der Waals surface area (Å²) >= 11 is 0. The van der Waals surface area contributed by atoms with E-state index in [1.807, 2.05) is 44.3 Å². The highest BCUT2D eigenvalue weighted by Gasteiger charge is 2.75. The number of carbonyl (C=O) groups is 3. The van der Waals surface area contributed by atoms with E-state index in [-0.39, 0.29) is 30.0 Å². The molecule has 0 heterocycles. The van der Waals surface area contributed by atoms with E-state index in [1.165, 1.54) is 25.2 Å². The van der Waals surface area contributed by atoms with Crippen LogP contribution in [0.5, 0.6) is 0 Å². The summed E-state index contributed by atoms with van der Waals surface area (Å²) in [6.45, 7) is 5.24. The highest BCUT2D eigenvalue weighted by molar-refractivity contribution is 6.01. The number of nitrogens with zero attached hydrogens (tertiary/aromatic N) is 1. The minimum absolute atomic E-state index is 0.00271. The number of rotatable bonds is 7. The summed E-state index contributed by atoms with van der Waals surface area (Å²) < 4.78 is 38.5. The molecule has 1 N–H and O–H groups in total. The lowest BCUT2D eigenvalue weighted by molar-refractivity contribution is -0.213. The van der Waals surface area contributed by atoms with Gasteiger partial charge in [-0.25, -0.2) is 8.78 Å². The topological polar surface area (TPSA) is 83.9 Å². The van der Waals surface area contributed by atoms with E-state index in [0.717, 1.165) is 5.56 Å². The third-order valence-electron chi connectivity index (χ3n) is 10.8. The molecule has 8 atom stereocenters. The molecule has 4 aliphatic carbocycles. The normalized spacial score (nSPS) is 40.2. The molecule has 0 spiro atoms. The van der Waals surface area contributed by atoms with Gasteiger partial charge >= 0.3 is 5.97 Å². The van der Waals surface area contributed by atoms with Gasteiger partial charge in [-0.1, -0.05) is 43.3 Å². The van der Waals surface area contributed by atoms with Crippen molar-refractivity contribution in [3.05, 3.63) is 59.7 Å². The number of aliphatic hydroxyl groups excluding tert-OH is 1. The summed E-state index contributed by atoms with van der Waals surface area (Å²) in [6, 6.07) is 9.83. The molecule has 4 aliphatic rings. The zero-order chi connectivity index (χ0) is 29.1. The molecule has 8 heteroatoms. The van der Waals surface area contributed by atoms with Gasteiger partial charge in [0.05, 0.1) is 11.5 Å². The molecule has 216 valence electrons. The van der Waals surface area contributed by atoms with Crippen molar-refractivity contribution >= 4 is 17.5 Å². The lowest BCUT2D eigenvalue weighted by Crippen LogP contribution is -2.70. The number of halogens is 2. The second kappa shape index (κ2) is 9.98. The van der Waals surface area contributed by atoms with Crippen LogP contribution in [0.1, 0.15) is 52.0 Å². The van der Waals surface area contributed by atoms with Gasteiger partial charge in [-0.15, -0.1) is 0 Å². The molecule has 0 bridgehead atoms. The van der Waals surface area contributed by atoms with Gasteiger partial charge in [0.1, 0.15) is 6.17 Å². The Bertz CT molecular complexity index is 1270. The molecule has 6 nitrogen and oxygen atoms in total. The first kappa shape index (κ1) is 28.8. The molecule has 0 aromatic heterocycles. The molecule has 0 radical (unpaired) electrons. The first-order valence-corrected chi connectivity index (χ1v) is 14.1. The van der Waals surface area contributed by atoms with Gasteiger partial charge in [0, 0.05) is 31.3 Å². The molecule has 1 aromatic carbocycles. The number of hydrogen-bond donors (Lipinski definition) is 1. The standard InChI is InChI=1S/C32H39F2NO5/c1-20(36)40-18-28(39)31(19-35(4)17-21-8-6-5-7-9-21)13-11-23-24-15-26(33)25-14-22(37)10-12-29(25,2)32(24,34)27(38)16-30(23,31)3/h5-10,12,14,23-24,26-27,38H,11,13,15-19H2,1-4H3/t23?,24-,26-,27-,29-,30-,31-,32-/m0/s1. The number of aliphatic hydroxyl groups is 1. The lowest BCUT2D eigenvalue weighted by atomic mass is 9.43. The molecule has 0 amide bonds. The van der Waals surface area contributed by atoms with Crippen molar-refractivity contribution in [1.29, 1.82) is 0 Å². The smallest absolute Gasteiger partial charge is 0.303 e. The van der Waals surface area contributed by atoms with E-state index in [1.54, 1.807) is 6.92 Å². The summed E-state index contributed by atoms with van der Waals surface area (Å²) in [5.41, 5.74) is -4.44. The average molecular weight is 556 g/mol. The Kier molecular flexibility index (Phi) is 7.19. The maximum atomic E-state index is 17.5. The Hall–Kier alpha value is -2.71. The number of esters is 1. The molecule has 40 heavy (non-hydrogen) atoms. The van der Waals surface area contributed by atoms with Crippen LogP contribution in [0, 0.1) is 28.1 Å². The van der Waals surface area contributed by atoms with Crippen LogP contribution in [0.4, 0.5) is 8.78 Å². The van der Waals surface area contributed by atoms with Crippen molar-refractivity contribution in [3.8, 4) is 0 Å². The van der Waals surface area contributed by atoms with Gasteiger partial charge in [-0.05, 0) is 74.3 Å². The number of ketones is 2. The molecule has 0 saturated heterocycles. The van der Waals surface area contributed by atoms with Crippen molar-refractivity contribution < 1.29 is 33.0 Å². The van der Waals surface area contributed by atoms with E-state index in [4.69, 9.17) is 4.74 Å². The molecule has 3 fully saturated rings. The van der Waals surface area contributed by atoms with Gasteiger partial charge in [-0.3, -0.25) is 14.4 Å². The molecule has 1 aromatic rings. The fourth-order valence-corrected chi connectivity index (χ4v) is 8.84. The molecular formula is C32H39F2NO5. The van der Waals surface area contributed by atoms with Crippen molar-refractivity contribution in [1.82, 2.24) is 4.90 Å². The molecular weight excluding hydrogens is 516 g/mol. The number of hydrogen-bond acceptors (Lipinski definition) is 6. The fraction of sp³-hybridized carbons (Fsp3) is 0.594. The summed E-state index contributed by atoms with van der Waals surface area (Å²) in [5.74, 6) is -2.46. The number of benzene rings is 1. The van der Waals surface area contributed by atoms with Crippen LogP contribution in [0.25, 0.3) is 0 Å². The molecule has 1 unspecified atom stereocenters. The van der Waals surface area contributed by atoms with Crippen molar-refractivity contribution in [2.45, 2.75) is 70.9 Å². The minimum Gasteiger partial charge on any atom is -0.458 e. The predicted molar refractivity (Wildman–Crippen MR) is 145 cm³/mol.